The molecule has 1 aromatic carbocycles. The number of pyridine rings is 1. The van der Waals surface area contributed by atoms with Gasteiger partial charge >= 0.3 is 0 Å². The lowest BCUT2D eigenvalue weighted by Crippen LogP contribution is -2.34. The summed E-state index contributed by atoms with van der Waals surface area (Å²) in [5.41, 5.74) is 2.39. The van der Waals surface area contributed by atoms with Crippen LogP contribution in [0.15, 0.2) is 35.4 Å². The van der Waals surface area contributed by atoms with Crippen molar-refractivity contribution in [3.05, 3.63) is 52.7 Å². The summed E-state index contributed by atoms with van der Waals surface area (Å²) in [6.07, 6.45) is 2.03. The van der Waals surface area contributed by atoms with E-state index < -0.39 is 0 Å². The molecule has 150 valence electrons. The third-order valence-electron chi connectivity index (χ3n) is 4.83. The minimum Gasteiger partial charge on any atom is -0.497 e. The highest BCUT2D eigenvalue weighted by Crippen LogP contribution is 2.30. The number of nitriles is 1. The molecule has 0 atom stereocenters. The maximum atomic E-state index is 12.9. The number of carbonyl (C=O) groups excluding carboxylic acids is 2. The van der Waals surface area contributed by atoms with Crippen LogP contribution in [0.5, 0.6) is 5.75 Å². The Balaban J connectivity index is 1.70. The molecule has 1 aliphatic carbocycles. The topological polar surface area (TPSA) is 83.3 Å². The van der Waals surface area contributed by atoms with Gasteiger partial charge in [0.15, 0.2) is 5.78 Å². The quantitative estimate of drug-likeness (QED) is 0.488. The van der Waals surface area contributed by atoms with Crippen molar-refractivity contribution in [2.75, 3.05) is 12.9 Å². The van der Waals surface area contributed by atoms with Crippen LogP contribution < -0.4 is 4.74 Å². The van der Waals surface area contributed by atoms with Gasteiger partial charge in [0.2, 0.25) is 5.91 Å². The van der Waals surface area contributed by atoms with Crippen LogP contribution in [-0.2, 0) is 11.3 Å². The second-order valence-corrected chi connectivity index (χ2v) is 8.00. The van der Waals surface area contributed by atoms with E-state index in [1.54, 1.807) is 20.1 Å². The first-order chi connectivity index (χ1) is 13.9. The number of hydrogen-bond acceptors (Lipinski definition) is 6. The van der Waals surface area contributed by atoms with Gasteiger partial charge in [-0.15, -0.1) is 0 Å². The first-order valence-corrected chi connectivity index (χ1v) is 10.4. The van der Waals surface area contributed by atoms with E-state index in [4.69, 9.17) is 4.74 Å². The van der Waals surface area contributed by atoms with Gasteiger partial charge in [-0.3, -0.25) is 9.59 Å². The zero-order valence-corrected chi connectivity index (χ0v) is 17.6. The third kappa shape index (κ3) is 5.15. The van der Waals surface area contributed by atoms with E-state index in [-0.39, 0.29) is 23.5 Å². The molecule has 1 heterocycles. The van der Waals surface area contributed by atoms with Gasteiger partial charge in [0.1, 0.15) is 16.8 Å². The summed E-state index contributed by atoms with van der Waals surface area (Å²) < 4.78 is 5.19. The van der Waals surface area contributed by atoms with E-state index in [0.717, 1.165) is 24.2 Å². The Hall–Kier alpha value is -2.85. The Bertz CT molecular complexity index is 963. The number of Topliss-reactive ketones (excluding diaryl/α,β-unsaturated/α-hetero) is 1. The largest absolute Gasteiger partial charge is 0.497 e. The number of aryl methyl sites for hydroxylation is 1. The van der Waals surface area contributed by atoms with Gasteiger partial charge in [0, 0.05) is 23.8 Å². The summed E-state index contributed by atoms with van der Waals surface area (Å²) in [6.45, 7) is 3.74. The predicted molar refractivity (Wildman–Crippen MR) is 111 cm³/mol. The molecule has 2 aromatic rings. The molecule has 1 fully saturated rings. The van der Waals surface area contributed by atoms with Crippen molar-refractivity contribution in [1.29, 1.82) is 5.26 Å². The van der Waals surface area contributed by atoms with Crippen molar-refractivity contribution in [3.8, 4) is 11.8 Å². The van der Waals surface area contributed by atoms with Crippen molar-refractivity contribution < 1.29 is 14.3 Å². The second-order valence-electron chi connectivity index (χ2n) is 7.03. The highest BCUT2D eigenvalue weighted by molar-refractivity contribution is 8.00. The number of aromatic nitrogens is 1. The van der Waals surface area contributed by atoms with Gasteiger partial charge in [-0.05, 0) is 50.5 Å². The molecule has 0 unspecified atom stereocenters. The smallest absolute Gasteiger partial charge is 0.233 e. The fourth-order valence-electron chi connectivity index (χ4n) is 3.08. The second kappa shape index (κ2) is 9.10. The molecule has 6 nitrogen and oxygen atoms in total. The minimum absolute atomic E-state index is 0.0207. The number of rotatable bonds is 8. The van der Waals surface area contributed by atoms with Gasteiger partial charge < -0.3 is 9.64 Å². The van der Waals surface area contributed by atoms with Crippen LogP contribution in [0.25, 0.3) is 0 Å². The van der Waals surface area contributed by atoms with Crippen molar-refractivity contribution >= 4 is 23.5 Å². The van der Waals surface area contributed by atoms with E-state index in [0.29, 0.717) is 28.4 Å². The summed E-state index contributed by atoms with van der Waals surface area (Å²) in [5, 5.41) is 9.89. The molecule has 1 aliphatic rings. The first-order valence-electron chi connectivity index (χ1n) is 9.40. The van der Waals surface area contributed by atoms with Crippen molar-refractivity contribution in [1.82, 2.24) is 9.88 Å². The van der Waals surface area contributed by atoms with Gasteiger partial charge in [-0.25, -0.2) is 4.98 Å². The van der Waals surface area contributed by atoms with Gasteiger partial charge in [-0.2, -0.15) is 5.26 Å². The molecule has 0 aliphatic heterocycles. The maximum Gasteiger partial charge on any atom is 0.233 e. The van der Waals surface area contributed by atoms with E-state index in [9.17, 15) is 14.9 Å². The number of methoxy groups -OCH3 is 1. The van der Waals surface area contributed by atoms with E-state index in [2.05, 4.69) is 11.1 Å². The summed E-state index contributed by atoms with van der Waals surface area (Å²) in [6, 6.07) is 11.6. The molecule has 1 amide bonds. The number of amides is 1. The Morgan fingerprint density at radius 1 is 1.31 bits per heavy atom. The van der Waals surface area contributed by atoms with Crippen LogP contribution in [-0.4, -0.2) is 40.5 Å². The first kappa shape index (κ1) is 20.9. The minimum atomic E-state index is -0.126. The van der Waals surface area contributed by atoms with Gasteiger partial charge in [0.25, 0.3) is 0 Å². The molecule has 3 rings (SSSR count). The maximum absolute atomic E-state index is 12.9. The number of hydrogen-bond donors (Lipinski definition) is 0. The zero-order chi connectivity index (χ0) is 21.0. The van der Waals surface area contributed by atoms with Crippen LogP contribution in [0.3, 0.4) is 0 Å². The number of benzene rings is 1. The molecule has 1 saturated carbocycles. The Morgan fingerprint density at radius 2 is 2.00 bits per heavy atom. The molecule has 0 bridgehead atoms. The van der Waals surface area contributed by atoms with Crippen LogP contribution >= 0.6 is 11.8 Å². The lowest BCUT2D eigenvalue weighted by molar-refractivity contribution is -0.129. The Labute approximate surface area is 174 Å². The van der Waals surface area contributed by atoms with Crippen LogP contribution in [0.4, 0.5) is 0 Å². The Morgan fingerprint density at radius 3 is 2.55 bits per heavy atom. The van der Waals surface area contributed by atoms with Gasteiger partial charge in [0.05, 0.1) is 18.4 Å². The van der Waals surface area contributed by atoms with Crippen LogP contribution in [0.1, 0.15) is 46.9 Å². The summed E-state index contributed by atoms with van der Waals surface area (Å²) >= 11 is 1.25. The van der Waals surface area contributed by atoms with Crippen LogP contribution in [0, 0.1) is 18.3 Å². The molecule has 0 radical (unpaired) electrons. The number of thioether (sulfide) groups is 1. The predicted octanol–water partition coefficient (Wildman–Crippen LogP) is 3.76. The fraction of sp³-hybridized carbons (Fsp3) is 0.364. The Kier molecular flexibility index (Phi) is 6.55. The molecule has 0 N–H and O–H groups in total. The van der Waals surface area contributed by atoms with Crippen molar-refractivity contribution in [3.63, 3.8) is 0 Å². The van der Waals surface area contributed by atoms with Crippen LogP contribution in [0.2, 0.25) is 0 Å². The number of ketones is 1. The standard InChI is InChI=1S/C22H23N3O3S/c1-14-20(15(2)26)10-17(11-23)22(24-14)29-13-21(27)25(18-6-7-18)12-16-4-8-19(28-3)9-5-16/h4-5,8-10,18H,6-7,12-13H2,1-3H3. The monoisotopic (exact) mass is 409 g/mol. The highest BCUT2D eigenvalue weighted by Gasteiger charge is 2.32. The summed E-state index contributed by atoms with van der Waals surface area (Å²) in [4.78, 5) is 30.9. The molecule has 0 spiro atoms. The molecule has 7 heteroatoms. The number of ether oxygens (including phenoxy) is 1. The SMILES string of the molecule is COc1ccc(CN(C(=O)CSc2nc(C)c(C(C)=O)cc2C#N)C2CC2)cc1. The average Bonchev–Trinajstić information content (AvgIpc) is 3.55. The van der Waals surface area contributed by atoms with Crippen molar-refractivity contribution in [2.24, 2.45) is 0 Å². The lowest BCUT2D eigenvalue weighted by Gasteiger charge is -2.22. The van der Waals surface area contributed by atoms with E-state index >= 15 is 0 Å². The average molecular weight is 410 g/mol. The van der Waals surface area contributed by atoms with Crippen molar-refractivity contribution in [2.45, 2.75) is 44.3 Å². The highest BCUT2D eigenvalue weighted by atomic mass is 32.2. The normalized spacial score (nSPS) is 12.9. The number of carbonyl (C=O) groups is 2. The van der Waals surface area contributed by atoms with Gasteiger partial charge in [-0.1, -0.05) is 23.9 Å². The number of nitrogens with zero attached hydrogens (tertiary/aromatic N) is 3. The van der Waals surface area contributed by atoms with E-state index in [1.807, 2.05) is 29.2 Å². The molecule has 1 aromatic heterocycles. The zero-order valence-electron chi connectivity index (χ0n) is 16.8. The molecular formula is C22H23N3O3S. The summed E-state index contributed by atoms with van der Waals surface area (Å²) in [7, 11) is 1.63. The third-order valence-corrected chi connectivity index (χ3v) is 5.81. The van der Waals surface area contributed by atoms with E-state index in [1.165, 1.54) is 18.7 Å². The lowest BCUT2D eigenvalue weighted by atomic mass is 10.1. The molecular weight excluding hydrogens is 386 g/mol. The summed E-state index contributed by atoms with van der Waals surface area (Å²) in [5.74, 6) is 0.881. The molecule has 0 saturated heterocycles. The fourth-order valence-corrected chi connectivity index (χ4v) is 3.97. The molecule has 29 heavy (non-hydrogen) atoms.